The Bertz CT molecular complexity index is 614. The predicted octanol–water partition coefficient (Wildman–Crippen LogP) is 2.23. The van der Waals surface area contributed by atoms with Gasteiger partial charge < -0.3 is 4.74 Å². The average molecular weight is 226 g/mol. The minimum absolute atomic E-state index is 0.118. The van der Waals surface area contributed by atoms with Crippen LogP contribution in [0.4, 0.5) is 0 Å². The van der Waals surface area contributed by atoms with Gasteiger partial charge in [0.2, 0.25) is 0 Å². The lowest BCUT2D eigenvalue weighted by atomic mass is 10.1. The highest BCUT2D eigenvalue weighted by molar-refractivity contribution is 5.81. The normalized spacial score (nSPS) is 9.88. The standard InChI is InChI=1S/C13H10N2O2/c1-9(16)17-13-8-10-4-2-3-5-11(10)15-12(13)6-7-14/h2-5,8H,6H2,1H3. The van der Waals surface area contributed by atoms with Crippen molar-refractivity contribution in [1.29, 1.82) is 5.26 Å². The molecule has 84 valence electrons. The molecule has 1 heterocycles. The Morgan fingerprint density at radius 1 is 1.47 bits per heavy atom. The van der Waals surface area contributed by atoms with E-state index in [1.54, 1.807) is 6.07 Å². The van der Waals surface area contributed by atoms with E-state index in [0.717, 1.165) is 10.9 Å². The van der Waals surface area contributed by atoms with E-state index in [0.29, 0.717) is 11.4 Å². The fourth-order valence-corrected chi connectivity index (χ4v) is 1.58. The molecule has 4 heteroatoms. The molecule has 0 spiro atoms. The number of benzene rings is 1. The third kappa shape index (κ3) is 2.40. The minimum atomic E-state index is -0.415. The van der Waals surface area contributed by atoms with E-state index in [2.05, 4.69) is 4.98 Å². The van der Waals surface area contributed by atoms with E-state index < -0.39 is 5.97 Å². The van der Waals surface area contributed by atoms with Gasteiger partial charge in [-0.3, -0.25) is 4.79 Å². The summed E-state index contributed by atoms with van der Waals surface area (Å²) in [4.78, 5) is 15.3. The number of hydrogen-bond acceptors (Lipinski definition) is 4. The van der Waals surface area contributed by atoms with Gasteiger partial charge in [0.15, 0.2) is 5.75 Å². The maximum atomic E-state index is 11.0. The van der Waals surface area contributed by atoms with Crippen molar-refractivity contribution >= 4 is 16.9 Å². The van der Waals surface area contributed by atoms with Crippen molar-refractivity contribution in [3.8, 4) is 11.8 Å². The highest BCUT2D eigenvalue weighted by Crippen LogP contribution is 2.23. The highest BCUT2D eigenvalue weighted by atomic mass is 16.5. The molecule has 4 nitrogen and oxygen atoms in total. The van der Waals surface area contributed by atoms with Crippen LogP contribution in [0.2, 0.25) is 0 Å². The molecule has 1 aromatic heterocycles. The van der Waals surface area contributed by atoms with Crippen LogP contribution in [0.5, 0.6) is 5.75 Å². The molecule has 0 fully saturated rings. The van der Waals surface area contributed by atoms with Gasteiger partial charge in [-0.1, -0.05) is 18.2 Å². The first-order valence-electron chi connectivity index (χ1n) is 5.15. The van der Waals surface area contributed by atoms with Gasteiger partial charge in [0, 0.05) is 12.3 Å². The molecule has 2 aromatic rings. The third-order valence-electron chi connectivity index (χ3n) is 2.26. The fourth-order valence-electron chi connectivity index (χ4n) is 1.58. The third-order valence-corrected chi connectivity index (χ3v) is 2.26. The number of aromatic nitrogens is 1. The maximum absolute atomic E-state index is 11.0. The zero-order valence-electron chi connectivity index (χ0n) is 9.30. The molecule has 0 unspecified atom stereocenters. The van der Waals surface area contributed by atoms with Gasteiger partial charge in [-0.15, -0.1) is 0 Å². The first-order valence-corrected chi connectivity index (χ1v) is 5.15. The Morgan fingerprint density at radius 3 is 2.94 bits per heavy atom. The van der Waals surface area contributed by atoms with E-state index >= 15 is 0 Å². The number of nitriles is 1. The summed E-state index contributed by atoms with van der Waals surface area (Å²) in [5.41, 5.74) is 1.27. The molecule has 0 aliphatic heterocycles. The zero-order valence-corrected chi connectivity index (χ0v) is 9.30. The minimum Gasteiger partial charge on any atom is -0.425 e. The van der Waals surface area contributed by atoms with Crippen LogP contribution < -0.4 is 4.74 Å². The lowest BCUT2D eigenvalue weighted by Gasteiger charge is -2.07. The lowest BCUT2D eigenvalue weighted by molar-refractivity contribution is -0.131. The molecular weight excluding hydrogens is 216 g/mol. The van der Waals surface area contributed by atoms with Crippen LogP contribution >= 0.6 is 0 Å². The molecule has 2 rings (SSSR count). The summed E-state index contributed by atoms with van der Waals surface area (Å²) in [6, 6.07) is 11.2. The predicted molar refractivity (Wildman–Crippen MR) is 62.4 cm³/mol. The Balaban J connectivity index is 2.58. The van der Waals surface area contributed by atoms with Crippen molar-refractivity contribution in [2.45, 2.75) is 13.3 Å². The Labute approximate surface area is 98.5 Å². The van der Waals surface area contributed by atoms with Crippen LogP contribution in [-0.4, -0.2) is 11.0 Å². The summed E-state index contributed by atoms with van der Waals surface area (Å²) in [7, 11) is 0. The number of rotatable bonds is 2. The first-order chi connectivity index (χ1) is 8.20. The molecule has 0 bridgehead atoms. The summed E-state index contributed by atoms with van der Waals surface area (Å²) in [6.45, 7) is 1.32. The summed E-state index contributed by atoms with van der Waals surface area (Å²) in [6.07, 6.45) is 0.118. The van der Waals surface area contributed by atoms with Crippen molar-refractivity contribution in [2.24, 2.45) is 0 Å². The molecule has 0 saturated heterocycles. The van der Waals surface area contributed by atoms with E-state index in [1.165, 1.54) is 6.92 Å². The summed E-state index contributed by atoms with van der Waals surface area (Å²) in [5.74, 6) is -0.0565. The van der Waals surface area contributed by atoms with Gasteiger partial charge in [-0.25, -0.2) is 4.98 Å². The van der Waals surface area contributed by atoms with Crippen LogP contribution in [-0.2, 0) is 11.2 Å². The van der Waals surface area contributed by atoms with Crippen LogP contribution in [0.1, 0.15) is 12.6 Å². The molecule has 0 amide bonds. The maximum Gasteiger partial charge on any atom is 0.308 e. The number of carbonyl (C=O) groups excluding carboxylic acids is 1. The quantitative estimate of drug-likeness (QED) is 0.736. The second-order valence-electron chi connectivity index (χ2n) is 3.55. The fraction of sp³-hybridized carbons (Fsp3) is 0.154. The van der Waals surface area contributed by atoms with Crippen molar-refractivity contribution < 1.29 is 9.53 Å². The molecule has 0 N–H and O–H groups in total. The largest absolute Gasteiger partial charge is 0.425 e. The van der Waals surface area contributed by atoms with E-state index in [-0.39, 0.29) is 6.42 Å². The van der Waals surface area contributed by atoms with Gasteiger partial charge in [-0.2, -0.15) is 5.26 Å². The zero-order chi connectivity index (χ0) is 12.3. The molecule has 17 heavy (non-hydrogen) atoms. The Morgan fingerprint density at radius 2 is 2.24 bits per heavy atom. The summed E-state index contributed by atoms with van der Waals surface area (Å²) < 4.78 is 5.05. The first kappa shape index (κ1) is 11.1. The second-order valence-corrected chi connectivity index (χ2v) is 3.55. The Kier molecular flexibility index (Phi) is 3.01. The van der Waals surface area contributed by atoms with Gasteiger partial charge in [0.25, 0.3) is 0 Å². The van der Waals surface area contributed by atoms with E-state index in [9.17, 15) is 4.79 Å². The molecule has 0 radical (unpaired) electrons. The highest BCUT2D eigenvalue weighted by Gasteiger charge is 2.09. The van der Waals surface area contributed by atoms with Gasteiger partial charge in [0.1, 0.15) is 0 Å². The molecule has 0 aliphatic carbocycles. The number of ether oxygens (including phenoxy) is 1. The smallest absolute Gasteiger partial charge is 0.308 e. The number of fused-ring (bicyclic) bond motifs is 1. The van der Waals surface area contributed by atoms with Crippen LogP contribution in [0.3, 0.4) is 0 Å². The molecular formula is C13H10N2O2. The Hall–Kier alpha value is -2.41. The van der Waals surface area contributed by atoms with Crippen LogP contribution in [0, 0.1) is 11.3 Å². The number of hydrogen-bond donors (Lipinski definition) is 0. The molecule has 0 atom stereocenters. The second kappa shape index (κ2) is 4.62. The lowest BCUT2D eigenvalue weighted by Crippen LogP contribution is -2.05. The van der Waals surface area contributed by atoms with E-state index in [1.807, 2.05) is 30.3 Å². The molecule has 0 saturated carbocycles. The topological polar surface area (TPSA) is 63.0 Å². The summed E-state index contributed by atoms with van der Waals surface area (Å²) >= 11 is 0. The monoisotopic (exact) mass is 226 g/mol. The van der Waals surface area contributed by atoms with E-state index in [4.69, 9.17) is 10.00 Å². The SMILES string of the molecule is CC(=O)Oc1cc2ccccc2nc1CC#N. The average Bonchev–Trinajstić information content (AvgIpc) is 2.29. The van der Waals surface area contributed by atoms with Gasteiger partial charge >= 0.3 is 5.97 Å². The summed E-state index contributed by atoms with van der Waals surface area (Å²) in [5, 5.41) is 9.60. The van der Waals surface area contributed by atoms with Crippen LogP contribution in [0.25, 0.3) is 10.9 Å². The van der Waals surface area contributed by atoms with Crippen molar-refractivity contribution in [3.63, 3.8) is 0 Å². The number of carbonyl (C=O) groups is 1. The van der Waals surface area contributed by atoms with Gasteiger partial charge in [0.05, 0.1) is 23.7 Å². The van der Waals surface area contributed by atoms with Crippen molar-refractivity contribution in [1.82, 2.24) is 4.98 Å². The van der Waals surface area contributed by atoms with Crippen molar-refractivity contribution in [2.75, 3.05) is 0 Å². The molecule has 1 aromatic carbocycles. The van der Waals surface area contributed by atoms with Crippen molar-refractivity contribution in [3.05, 3.63) is 36.0 Å². The van der Waals surface area contributed by atoms with Crippen LogP contribution in [0.15, 0.2) is 30.3 Å². The number of nitrogens with zero attached hydrogens (tertiary/aromatic N) is 2. The number of para-hydroxylation sites is 1. The molecule has 0 aliphatic rings. The van der Waals surface area contributed by atoms with Gasteiger partial charge in [-0.05, 0) is 12.1 Å². The number of pyridine rings is 1. The number of esters is 1.